The molecule has 2 N–H and O–H groups in total. The van der Waals surface area contributed by atoms with E-state index < -0.39 is 0 Å². The van der Waals surface area contributed by atoms with E-state index >= 15 is 0 Å². The fourth-order valence-electron chi connectivity index (χ4n) is 2.37. The third kappa shape index (κ3) is 3.12. The molecular weight excluding hydrogens is 402 g/mol. The van der Waals surface area contributed by atoms with Gasteiger partial charge in [0.2, 0.25) is 0 Å². The Morgan fingerprint density at radius 3 is 2.81 bits per heavy atom. The Hall–Kier alpha value is -0.990. The van der Waals surface area contributed by atoms with Gasteiger partial charge in [-0.25, -0.2) is 4.39 Å². The summed E-state index contributed by atoms with van der Waals surface area (Å²) in [6.07, 6.45) is 0.438. The number of nitrogens with zero attached hydrogens (tertiary/aromatic N) is 1. The van der Waals surface area contributed by atoms with Gasteiger partial charge in [-0.3, -0.25) is 4.79 Å². The van der Waals surface area contributed by atoms with Crippen LogP contribution in [0.15, 0.2) is 29.0 Å². The topological polar surface area (TPSA) is 46.3 Å². The summed E-state index contributed by atoms with van der Waals surface area (Å²) in [5.74, 6) is -0.226. The van der Waals surface area contributed by atoms with Crippen LogP contribution in [0.25, 0.3) is 0 Å². The van der Waals surface area contributed by atoms with Crippen LogP contribution in [-0.4, -0.2) is 29.9 Å². The van der Waals surface area contributed by atoms with Crippen LogP contribution >= 0.6 is 33.9 Å². The summed E-state index contributed by atoms with van der Waals surface area (Å²) in [6, 6.07) is 5.26. The van der Waals surface area contributed by atoms with Crippen molar-refractivity contribution in [2.24, 2.45) is 5.73 Å². The van der Waals surface area contributed by atoms with Crippen LogP contribution in [-0.2, 0) is 6.42 Å². The summed E-state index contributed by atoms with van der Waals surface area (Å²) in [6.45, 7) is 1.21. The van der Waals surface area contributed by atoms with Crippen LogP contribution in [0.1, 0.15) is 21.5 Å². The van der Waals surface area contributed by atoms with Gasteiger partial charge in [0.15, 0.2) is 0 Å². The average Bonchev–Trinajstić information content (AvgIpc) is 2.86. The van der Waals surface area contributed by atoms with Gasteiger partial charge in [-0.2, -0.15) is 11.3 Å². The molecule has 1 aromatic carbocycles. The number of benzene rings is 1. The number of hydrogen-bond donors (Lipinski definition) is 1. The summed E-state index contributed by atoms with van der Waals surface area (Å²) in [7, 11) is 0. The van der Waals surface area contributed by atoms with Crippen LogP contribution < -0.4 is 5.73 Å². The van der Waals surface area contributed by atoms with Crippen LogP contribution in [0.2, 0.25) is 0 Å². The first-order valence-electron chi connectivity index (χ1n) is 6.58. The molecule has 3 rings (SSSR count). The number of rotatable bonds is 3. The Labute approximate surface area is 140 Å². The number of hydrogen-bond acceptors (Lipinski definition) is 3. The van der Waals surface area contributed by atoms with Gasteiger partial charge in [-0.15, -0.1) is 0 Å². The lowest BCUT2D eigenvalue weighted by Crippen LogP contribution is -2.57. The summed E-state index contributed by atoms with van der Waals surface area (Å²) in [4.78, 5) is 14.1. The van der Waals surface area contributed by atoms with Crippen molar-refractivity contribution in [2.45, 2.75) is 12.5 Å². The molecule has 0 unspecified atom stereocenters. The molecule has 110 valence electrons. The smallest absolute Gasteiger partial charge is 0.255 e. The maximum absolute atomic E-state index is 13.9. The molecule has 0 radical (unpaired) electrons. The molecule has 2 heterocycles. The molecule has 1 aliphatic rings. The van der Waals surface area contributed by atoms with E-state index in [2.05, 4.69) is 22.6 Å². The first-order chi connectivity index (χ1) is 10.0. The summed E-state index contributed by atoms with van der Waals surface area (Å²) in [5, 5.41) is 3.76. The highest BCUT2D eigenvalue weighted by atomic mass is 127. The molecule has 1 aromatic heterocycles. The quantitative estimate of drug-likeness (QED) is 0.783. The normalized spacial score (nSPS) is 15.1. The lowest BCUT2D eigenvalue weighted by molar-refractivity contribution is 0.0607. The van der Waals surface area contributed by atoms with Crippen LogP contribution in [0.4, 0.5) is 4.39 Å². The Morgan fingerprint density at radius 1 is 1.38 bits per heavy atom. The van der Waals surface area contributed by atoms with E-state index in [-0.39, 0.29) is 17.8 Å². The van der Waals surface area contributed by atoms with Crippen molar-refractivity contribution >= 4 is 39.8 Å². The van der Waals surface area contributed by atoms with Gasteiger partial charge >= 0.3 is 0 Å². The molecule has 0 bridgehead atoms. The molecule has 2 aromatic rings. The minimum Gasteiger partial charge on any atom is -0.335 e. The van der Waals surface area contributed by atoms with E-state index in [1.165, 1.54) is 17.4 Å². The number of halogens is 2. The van der Waals surface area contributed by atoms with E-state index in [0.717, 1.165) is 9.13 Å². The van der Waals surface area contributed by atoms with E-state index in [9.17, 15) is 9.18 Å². The first kappa shape index (κ1) is 14.9. The van der Waals surface area contributed by atoms with Gasteiger partial charge in [0.25, 0.3) is 5.91 Å². The molecule has 1 saturated heterocycles. The van der Waals surface area contributed by atoms with E-state index in [1.54, 1.807) is 11.0 Å². The predicted octanol–water partition coefficient (Wildman–Crippen LogP) is 2.87. The van der Waals surface area contributed by atoms with Gasteiger partial charge in [0, 0.05) is 34.5 Å². The number of amides is 1. The Morgan fingerprint density at radius 2 is 2.14 bits per heavy atom. The molecule has 0 spiro atoms. The third-order valence-electron chi connectivity index (χ3n) is 3.57. The summed E-state index contributed by atoms with van der Waals surface area (Å²) < 4.78 is 14.8. The fraction of sp³-hybridized carbons (Fsp3) is 0.267. The molecule has 1 fully saturated rings. The number of likely N-dealkylation sites (tertiary alicyclic amines) is 1. The monoisotopic (exact) mass is 416 g/mol. The Kier molecular flexibility index (Phi) is 4.28. The number of carbonyl (C=O) groups excluding carboxylic acids is 1. The van der Waals surface area contributed by atoms with Gasteiger partial charge in [0.05, 0.1) is 5.56 Å². The number of thiophene rings is 1. The SMILES string of the molecule is NC1CN(C(=O)c2cscc2Cc2ccc(I)cc2F)C1. The van der Waals surface area contributed by atoms with Crippen LogP contribution in [0, 0.1) is 9.39 Å². The van der Waals surface area contributed by atoms with Gasteiger partial charge in [-0.1, -0.05) is 6.07 Å². The number of carbonyl (C=O) groups is 1. The van der Waals surface area contributed by atoms with Crippen molar-refractivity contribution in [1.82, 2.24) is 4.90 Å². The molecule has 1 amide bonds. The minimum absolute atomic E-state index is 0.00105. The molecular formula is C15H14FIN2OS. The van der Waals surface area contributed by atoms with Crippen LogP contribution in [0.5, 0.6) is 0 Å². The molecule has 3 nitrogen and oxygen atoms in total. The van der Waals surface area contributed by atoms with Crippen LogP contribution in [0.3, 0.4) is 0 Å². The molecule has 21 heavy (non-hydrogen) atoms. The van der Waals surface area contributed by atoms with E-state index in [1.807, 2.05) is 16.8 Å². The molecule has 1 aliphatic heterocycles. The lowest BCUT2D eigenvalue weighted by Gasteiger charge is -2.36. The highest BCUT2D eigenvalue weighted by Gasteiger charge is 2.29. The summed E-state index contributed by atoms with van der Waals surface area (Å²) >= 11 is 3.55. The molecule has 6 heteroatoms. The largest absolute Gasteiger partial charge is 0.335 e. The number of nitrogens with two attached hydrogens (primary N) is 1. The fourth-order valence-corrected chi connectivity index (χ4v) is 3.65. The van der Waals surface area contributed by atoms with Crippen molar-refractivity contribution in [3.8, 4) is 0 Å². The molecule has 0 aliphatic carbocycles. The van der Waals surface area contributed by atoms with Gasteiger partial charge < -0.3 is 10.6 Å². The van der Waals surface area contributed by atoms with Crippen molar-refractivity contribution in [2.75, 3.05) is 13.1 Å². The van der Waals surface area contributed by atoms with Gasteiger partial charge in [-0.05, 0) is 51.2 Å². The van der Waals surface area contributed by atoms with E-state index in [4.69, 9.17) is 5.73 Å². The standard InChI is InChI=1S/C15H14FIN2OS/c16-14-4-11(17)2-1-9(14)3-10-7-21-8-13(10)15(20)19-5-12(18)6-19/h1-2,4,7-8,12H,3,5-6,18H2. The van der Waals surface area contributed by atoms with Crippen molar-refractivity contribution < 1.29 is 9.18 Å². The zero-order valence-corrected chi connectivity index (χ0v) is 14.2. The van der Waals surface area contributed by atoms with Gasteiger partial charge in [0.1, 0.15) is 5.82 Å². The molecule has 0 atom stereocenters. The minimum atomic E-state index is -0.225. The maximum Gasteiger partial charge on any atom is 0.255 e. The van der Waals surface area contributed by atoms with Crippen molar-refractivity contribution in [1.29, 1.82) is 0 Å². The van der Waals surface area contributed by atoms with Crippen molar-refractivity contribution in [3.63, 3.8) is 0 Å². The second-order valence-corrected chi connectivity index (χ2v) is 7.18. The zero-order chi connectivity index (χ0) is 15.0. The maximum atomic E-state index is 13.9. The predicted molar refractivity (Wildman–Crippen MR) is 90.1 cm³/mol. The first-order valence-corrected chi connectivity index (χ1v) is 8.60. The second kappa shape index (κ2) is 6.02. The zero-order valence-electron chi connectivity index (χ0n) is 11.2. The highest BCUT2D eigenvalue weighted by molar-refractivity contribution is 14.1. The lowest BCUT2D eigenvalue weighted by atomic mass is 10.0. The molecule has 0 saturated carbocycles. The Bertz CT molecular complexity index is 682. The second-order valence-electron chi connectivity index (χ2n) is 5.19. The highest BCUT2D eigenvalue weighted by Crippen LogP contribution is 2.24. The third-order valence-corrected chi connectivity index (χ3v) is 5.03. The average molecular weight is 416 g/mol. The van der Waals surface area contributed by atoms with Crippen molar-refractivity contribution in [3.05, 3.63) is 55.0 Å². The summed E-state index contributed by atoms with van der Waals surface area (Å²) in [5.41, 5.74) is 7.88. The van der Waals surface area contributed by atoms with E-state index in [0.29, 0.717) is 30.6 Å². The Balaban J connectivity index is 1.80.